The van der Waals surface area contributed by atoms with Crippen LogP contribution in [0.3, 0.4) is 0 Å². The number of benzene rings is 9. The molecular formula is C58H38N2O. The number of hydrogen-bond acceptors (Lipinski definition) is 3. The van der Waals surface area contributed by atoms with Crippen LogP contribution in [0.15, 0.2) is 235 Å². The van der Waals surface area contributed by atoms with Gasteiger partial charge in [-0.25, -0.2) is 9.97 Å². The van der Waals surface area contributed by atoms with Gasteiger partial charge in [0.15, 0.2) is 11.4 Å². The molecule has 0 spiro atoms. The Morgan fingerprint density at radius 3 is 1.21 bits per heavy atom. The molecule has 9 aromatic carbocycles. The minimum atomic E-state index is 0.645. The van der Waals surface area contributed by atoms with Crippen molar-refractivity contribution < 1.29 is 4.42 Å². The van der Waals surface area contributed by atoms with Gasteiger partial charge in [-0.1, -0.05) is 182 Å². The first-order valence-electron chi connectivity index (χ1n) is 20.6. The zero-order valence-corrected chi connectivity index (χ0v) is 33.2. The summed E-state index contributed by atoms with van der Waals surface area (Å²) in [5.74, 6) is 0.645. The fourth-order valence-corrected chi connectivity index (χ4v) is 8.35. The van der Waals surface area contributed by atoms with Crippen LogP contribution in [-0.4, -0.2) is 9.97 Å². The van der Waals surface area contributed by atoms with Gasteiger partial charge in [0, 0.05) is 16.5 Å². The molecule has 2 heterocycles. The second kappa shape index (κ2) is 15.6. The minimum Gasteiger partial charge on any atom is -0.452 e. The molecule has 3 heteroatoms. The lowest BCUT2D eigenvalue weighted by Crippen LogP contribution is -1.95. The topological polar surface area (TPSA) is 38.9 Å². The van der Waals surface area contributed by atoms with E-state index in [1.807, 2.05) is 24.3 Å². The average Bonchev–Trinajstić information content (AvgIpc) is 3.73. The predicted octanol–water partition coefficient (Wildman–Crippen LogP) is 15.7. The summed E-state index contributed by atoms with van der Waals surface area (Å²) in [6.45, 7) is 0. The Hall–Kier alpha value is -8.14. The normalized spacial score (nSPS) is 11.3. The Kier molecular flexibility index (Phi) is 9.18. The van der Waals surface area contributed by atoms with Gasteiger partial charge in [-0.15, -0.1) is 0 Å². The molecule has 0 saturated carbocycles. The van der Waals surface area contributed by atoms with Crippen LogP contribution in [0, 0.1) is 0 Å². The Balaban J connectivity index is 1.02. The fourth-order valence-electron chi connectivity index (χ4n) is 8.35. The fraction of sp³-hybridized carbons (Fsp3) is 0. The van der Waals surface area contributed by atoms with Gasteiger partial charge in [-0.2, -0.15) is 0 Å². The average molecular weight is 779 g/mol. The molecule has 0 amide bonds. The molecule has 0 bridgehead atoms. The first-order valence-corrected chi connectivity index (χ1v) is 20.6. The number of rotatable bonds is 8. The molecule has 0 aliphatic carbocycles. The Bertz CT molecular complexity index is 3330. The smallest absolute Gasteiger partial charge is 0.180 e. The maximum atomic E-state index is 6.51. The lowest BCUT2D eigenvalue weighted by molar-refractivity contribution is 0.667. The Morgan fingerprint density at radius 2 is 0.623 bits per heavy atom. The van der Waals surface area contributed by atoms with Gasteiger partial charge in [0.1, 0.15) is 16.8 Å². The third-order valence-electron chi connectivity index (χ3n) is 11.5. The summed E-state index contributed by atoms with van der Waals surface area (Å²) in [6, 6.07) is 81.4. The van der Waals surface area contributed by atoms with Gasteiger partial charge in [0.25, 0.3) is 0 Å². The van der Waals surface area contributed by atoms with E-state index in [0.717, 1.165) is 77.8 Å². The van der Waals surface area contributed by atoms with E-state index in [-0.39, 0.29) is 0 Å². The molecule has 0 fully saturated rings. The molecule has 0 radical (unpaired) electrons. The second-order valence-corrected chi connectivity index (χ2v) is 15.4. The molecule has 0 atom stereocenters. The third-order valence-corrected chi connectivity index (χ3v) is 11.5. The third kappa shape index (κ3) is 7.09. The highest BCUT2D eigenvalue weighted by Gasteiger charge is 2.19. The molecule has 2 aromatic heterocycles. The Labute approximate surface area is 354 Å². The van der Waals surface area contributed by atoms with E-state index in [9.17, 15) is 0 Å². The summed E-state index contributed by atoms with van der Waals surface area (Å²) in [5.41, 5.74) is 18.8. The molecule has 0 aliphatic rings. The molecular weight excluding hydrogens is 741 g/mol. The molecule has 3 nitrogen and oxygen atoms in total. The van der Waals surface area contributed by atoms with Crippen molar-refractivity contribution in [2.75, 3.05) is 0 Å². The molecule has 11 rings (SSSR count). The molecule has 0 N–H and O–H groups in total. The van der Waals surface area contributed by atoms with Gasteiger partial charge in [-0.3, -0.25) is 0 Å². The maximum Gasteiger partial charge on any atom is 0.180 e. The summed E-state index contributed by atoms with van der Waals surface area (Å²) < 4.78 is 6.51. The summed E-state index contributed by atoms with van der Waals surface area (Å²) in [6.07, 6.45) is 0. The first-order chi connectivity index (χ1) is 30.2. The van der Waals surface area contributed by atoms with E-state index in [2.05, 4.69) is 206 Å². The van der Waals surface area contributed by atoms with Crippen LogP contribution in [0.1, 0.15) is 0 Å². The van der Waals surface area contributed by atoms with Crippen LogP contribution in [-0.2, 0) is 0 Å². The van der Waals surface area contributed by atoms with E-state index in [1.165, 1.54) is 22.3 Å². The van der Waals surface area contributed by atoms with Gasteiger partial charge in [0.05, 0.1) is 0 Å². The van der Waals surface area contributed by atoms with Gasteiger partial charge in [-0.05, 0) is 115 Å². The first kappa shape index (κ1) is 36.0. The van der Waals surface area contributed by atoms with E-state index >= 15 is 0 Å². The number of nitrogens with zero attached hydrogens (tertiary/aromatic N) is 2. The Morgan fingerprint density at radius 1 is 0.262 bits per heavy atom. The zero-order valence-electron chi connectivity index (χ0n) is 33.2. The maximum absolute atomic E-state index is 6.51. The second-order valence-electron chi connectivity index (χ2n) is 15.4. The van der Waals surface area contributed by atoms with Crippen molar-refractivity contribution in [2.45, 2.75) is 0 Å². The van der Waals surface area contributed by atoms with Gasteiger partial charge < -0.3 is 4.42 Å². The number of aromatic nitrogens is 2. The highest BCUT2D eigenvalue weighted by molar-refractivity contribution is 6.07. The quantitative estimate of drug-likeness (QED) is 0.154. The zero-order chi connectivity index (χ0) is 40.5. The highest BCUT2D eigenvalue weighted by Crippen LogP contribution is 2.39. The monoisotopic (exact) mass is 778 g/mol. The van der Waals surface area contributed by atoms with Crippen molar-refractivity contribution in [3.63, 3.8) is 0 Å². The molecule has 0 saturated heterocycles. The standard InChI is InChI=1S/C58H38N2O/c1-4-15-39(16-5-1)42-29-31-43(32-30-42)44-21-12-23-46(33-44)51-36-50(41-19-8-3-9-20-41)37-52(38-51)47-24-14-26-49(35-47)58-59-55(57-56(60-58)53-27-10-11-28-54(53)61-57)48-25-13-22-45(34-48)40-17-6-2-7-18-40/h1-38H. The van der Waals surface area contributed by atoms with Crippen LogP contribution in [0.4, 0.5) is 0 Å². The summed E-state index contributed by atoms with van der Waals surface area (Å²) in [5, 5.41) is 0.965. The SMILES string of the molecule is c1ccc(-c2ccc(-c3cccc(-c4cc(-c5ccccc5)cc(-c5cccc(-c6nc(-c7cccc(-c8ccccc8)c7)c7oc8ccccc8c7n6)c5)c4)c3)cc2)cc1. The number of para-hydroxylation sites is 1. The van der Waals surface area contributed by atoms with Crippen molar-refractivity contribution in [3.05, 3.63) is 231 Å². The van der Waals surface area contributed by atoms with Crippen molar-refractivity contribution in [1.82, 2.24) is 9.97 Å². The summed E-state index contributed by atoms with van der Waals surface area (Å²) >= 11 is 0. The van der Waals surface area contributed by atoms with E-state index in [0.29, 0.717) is 11.4 Å². The van der Waals surface area contributed by atoms with Crippen LogP contribution in [0.25, 0.3) is 111 Å². The number of fused-ring (bicyclic) bond motifs is 3. The van der Waals surface area contributed by atoms with Crippen LogP contribution >= 0.6 is 0 Å². The summed E-state index contributed by atoms with van der Waals surface area (Å²) in [4.78, 5) is 10.5. The van der Waals surface area contributed by atoms with Crippen molar-refractivity contribution >= 4 is 22.1 Å². The molecule has 0 unspecified atom stereocenters. The van der Waals surface area contributed by atoms with Crippen LogP contribution in [0.2, 0.25) is 0 Å². The largest absolute Gasteiger partial charge is 0.452 e. The van der Waals surface area contributed by atoms with Crippen molar-refractivity contribution in [3.8, 4) is 89.4 Å². The number of hydrogen-bond donors (Lipinski definition) is 0. The predicted molar refractivity (Wildman–Crippen MR) is 253 cm³/mol. The van der Waals surface area contributed by atoms with Gasteiger partial charge >= 0.3 is 0 Å². The highest BCUT2D eigenvalue weighted by atomic mass is 16.3. The molecule has 11 aromatic rings. The van der Waals surface area contributed by atoms with E-state index in [1.54, 1.807) is 0 Å². The van der Waals surface area contributed by atoms with Crippen LogP contribution < -0.4 is 0 Å². The van der Waals surface area contributed by atoms with Crippen LogP contribution in [0.5, 0.6) is 0 Å². The number of furan rings is 1. The van der Waals surface area contributed by atoms with Gasteiger partial charge in [0.2, 0.25) is 0 Å². The molecule has 286 valence electrons. The minimum absolute atomic E-state index is 0.645. The summed E-state index contributed by atoms with van der Waals surface area (Å²) in [7, 11) is 0. The van der Waals surface area contributed by atoms with Crippen molar-refractivity contribution in [2.24, 2.45) is 0 Å². The lowest BCUT2D eigenvalue weighted by Gasteiger charge is -2.13. The molecule has 0 aliphatic heterocycles. The molecule has 61 heavy (non-hydrogen) atoms. The van der Waals surface area contributed by atoms with E-state index in [4.69, 9.17) is 14.4 Å². The lowest BCUT2D eigenvalue weighted by atomic mass is 9.91. The van der Waals surface area contributed by atoms with Crippen molar-refractivity contribution in [1.29, 1.82) is 0 Å². The van der Waals surface area contributed by atoms with E-state index < -0.39 is 0 Å².